The van der Waals surface area contributed by atoms with E-state index in [1.165, 1.54) is 0 Å². The molecule has 1 heterocycles. The summed E-state index contributed by atoms with van der Waals surface area (Å²) in [4.78, 5) is 24.3. The van der Waals surface area contributed by atoms with Crippen LogP contribution in [0, 0.1) is 0 Å². The van der Waals surface area contributed by atoms with E-state index in [0.717, 1.165) is 6.42 Å². The predicted molar refractivity (Wildman–Crippen MR) is 61.9 cm³/mol. The molecule has 1 amide bonds. The Hall–Kier alpha value is -1.36. The first kappa shape index (κ1) is 13.7. The van der Waals surface area contributed by atoms with Crippen LogP contribution in [0.2, 0.25) is 0 Å². The highest BCUT2D eigenvalue weighted by molar-refractivity contribution is 5.87. The molecular formula is C12H19NO4. The second kappa shape index (κ2) is 5.82. The molecule has 0 aromatic rings. The van der Waals surface area contributed by atoms with Crippen molar-refractivity contribution in [1.29, 1.82) is 0 Å². The maximum Gasteiger partial charge on any atom is 0.335 e. The zero-order chi connectivity index (χ0) is 13.0. The number of esters is 1. The molecule has 5 heteroatoms. The summed E-state index contributed by atoms with van der Waals surface area (Å²) in [5, 5.41) is 0. The first-order valence-corrected chi connectivity index (χ1v) is 5.73. The molecule has 2 unspecified atom stereocenters. The van der Waals surface area contributed by atoms with Crippen molar-refractivity contribution in [1.82, 2.24) is 4.90 Å². The Morgan fingerprint density at radius 2 is 2.12 bits per heavy atom. The van der Waals surface area contributed by atoms with Crippen molar-refractivity contribution in [3.05, 3.63) is 12.2 Å². The summed E-state index contributed by atoms with van der Waals surface area (Å²) in [5.74, 6) is -0.409. The smallest absolute Gasteiger partial charge is 0.335 e. The van der Waals surface area contributed by atoms with E-state index in [0.29, 0.717) is 18.5 Å². The average Bonchev–Trinajstić information content (AvgIpc) is 2.63. The standard InChI is InChI=1S/C12H19NO4/c1-8(2)12(15)17-10(4)16-9(3)13-7-5-6-11(13)14/h9-10H,1,5-7H2,2-4H3. The summed E-state index contributed by atoms with van der Waals surface area (Å²) in [7, 11) is 0. The number of carbonyl (C=O) groups excluding carboxylic acids is 2. The fourth-order valence-electron chi connectivity index (χ4n) is 1.68. The number of carbonyl (C=O) groups is 2. The third-order valence-electron chi connectivity index (χ3n) is 2.56. The number of hydrogen-bond donors (Lipinski definition) is 0. The van der Waals surface area contributed by atoms with Crippen molar-refractivity contribution >= 4 is 11.9 Å². The molecule has 0 aromatic carbocycles. The Morgan fingerprint density at radius 1 is 1.47 bits per heavy atom. The van der Waals surface area contributed by atoms with Gasteiger partial charge in [0, 0.05) is 18.5 Å². The van der Waals surface area contributed by atoms with Crippen LogP contribution in [0.3, 0.4) is 0 Å². The molecule has 0 aromatic heterocycles. The Kier molecular flexibility index (Phi) is 4.69. The molecule has 17 heavy (non-hydrogen) atoms. The fraction of sp³-hybridized carbons (Fsp3) is 0.667. The topological polar surface area (TPSA) is 55.8 Å². The van der Waals surface area contributed by atoms with Crippen LogP contribution in [0.25, 0.3) is 0 Å². The van der Waals surface area contributed by atoms with Gasteiger partial charge in [-0.05, 0) is 27.2 Å². The van der Waals surface area contributed by atoms with Gasteiger partial charge in [-0.3, -0.25) is 4.79 Å². The fourth-order valence-corrected chi connectivity index (χ4v) is 1.68. The van der Waals surface area contributed by atoms with E-state index in [9.17, 15) is 9.59 Å². The number of amides is 1. The van der Waals surface area contributed by atoms with Crippen LogP contribution < -0.4 is 0 Å². The number of nitrogens with zero attached hydrogens (tertiary/aromatic N) is 1. The van der Waals surface area contributed by atoms with E-state index in [1.54, 1.807) is 25.7 Å². The lowest BCUT2D eigenvalue weighted by Crippen LogP contribution is -2.38. The van der Waals surface area contributed by atoms with E-state index in [4.69, 9.17) is 9.47 Å². The van der Waals surface area contributed by atoms with Gasteiger partial charge in [0.15, 0.2) is 0 Å². The van der Waals surface area contributed by atoms with Crippen molar-refractivity contribution in [2.75, 3.05) is 6.54 Å². The Morgan fingerprint density at radius 3 is 2.59 bits per heavy atom. The van der Waals surface area contributed by atoms with E-state index in [2.05, 4.69) is 6.58 Å². The van der Waals surface area contributed by atoms with Gasteiger partial charge >= 0.3 is 5.97 Å². The molecule has 0 saturated carbocycles. The maximum atomic E-state index is 11.5. The number of ether oxygens (including phenoxy) is 2. The average molecular weight is 241 g/mol. The van der Waals surface area contributed by atoms with Gasteiger partial charge in [0.2, 0.25) is 12.2 Å². The minimum atomic E-state index is -0.692. The van der Waals surface area contributed by atoms with Crippen LogP contribution in [0.5, 0.6) is 0 Å². The van der Waals surface area contributed by atoms with Crippen LogP contribution in [-0.4, -0.2) is 35.8 Å². The monoisotopic (exact) mass is 241 g/mol. The molecule has 1 aliphatic rings. The number of hydrogen-bond acceptors (Lipinski definition) is 4. The maximum absolute atomic E-state index is 11.5. The van der Waals surface area contributed by atoms with Gasteiger partial charge in [-0.2, -0.15) is 0 Å². The van der Waals surface area contributed by atoms with Crippen LogP contribution in [0.1, 0.15) is 33.6 Å². The molecule has 0 aliphatic carbocycles. The molecule has 1 aliphatic heterocycles. The van der Waals surface area contributed by atoms with Crippen molar-refractivity contribution in [2.45, 2.75) is 46.1 Å². The Balaban J connectivity index is 2.40. The lowest BCUT2D eigenvalue weighted by atomic mass is 10.4. The molecule has 1 fully saturated rings. The van der Waals surface area contributed by atoms with Gasteiger partial charge in [0.05, 0.1) is 0 Å². The normalized spacial score (nSPS) is 19.0. The molecule has 96 valence electrons. The molecule has 0 spiro atoms. The second-order valence-electron chi connectivity index (χ2n) is 4.18. The summed E-state index contributed by atoms with van der Waals surface area (Å²) in [6, 6.07) is 0. The molecular weight excluding hydrogens is 222 g/mol. The van der Waals surface area contributed by atoms with Gasteiger partial charge in [0.1, 0.15) is 6.23 Å². The van der Waals surface area contributed by atoms with Gasteiger partial charge in [-0.1, -0.05) is 6.58 Å². The Bertz CT molecular complexity index is 326. The van der Waals surface area contributed by atoms with E-state index >= 15 is 0 Å². The highest BCUT2D eigenvalue weighted by Gasteiger charge is 2.27. The number of rotatable bonds is 5. The third-order valence-corrected chi connectivity index (χ3v) is 2.56. The van der Waals surface area contributed by atoms with Crippen LogP contribution in [-0.2, 0) is 19.1 Å². The van der Waals surface area contributed by atoms with Crippen molar-refractivity contribution in [3.8, 4) is 0 Å². The molecule has 1 saturated heterocycles. The summed E-state index contributed by atoms with van der Waals surface area (Å²) in [5.41, 5.74) is 0.324. The quantitative estimate of drug-likeness (QED) is 0.415. The number of likely N-dealkylation sites (tertiary alicyclic amines) is 1. The lowest BCUT2D eigenvalue weighted by Gasteiger charge is -2.27. The molecule has 1 rings (SSSR count). The third kappa shape index (κ3) is 3.85. The first-order chi connectivity index (χ1) is 7.91. The second-order valence-corrected chi connectivity index (χ2v) is 4.18. The van der Waals surface area contributed by atoms with Crippen LogP contribution in [0.15, 0.2) is 12.2 Å². The summed E-state index contributed by atoms with van der Waals surface area (Å²) in [6.07, 6.45) is 0.348. The van der Waals surface area contributed by atoms with Crippen molar-refractivity contribution in [3.63, 3.8) is 0 Å². The van der Waals surface area contributed by atoms with E-state index < -0.39 is 12.3 Å². The molecule has 2 atom stereocenters. The first-order valence-electron chi connectivity index (χ1n) is 5.73. The Labute approximate surface area is 101 Å². The van der Waals surface area contributed by atoms with Gasteiger partial charge in [-0.15, -0.1) is 0 Å². The summed E-state index contributed by atoms with van der Waals surface area (Å²) < 4.78 is 10.4. The largest absolute Gasteiger partial charge is 0.433 e. The highest BCUT2D eigenvalue weighted by atomic mass is 16.7. The molecule has 0 N–H and O–H groups in total. The van der Waals surface area contributed by atoms with Gasteiger partial charge in [-0.25, -0.2) is 4.79 Å². The zero-order valence-corrected chi connectivity index (χ0v) is 10.6. The summed E-state index contributed by atoms with van der Waals surface area (Å²) >= 11 is 0. The predicted octanol–water partition coefficient (Wildman–Crippen LogP) is 1.44. The van der Waals surface area contributed by atoms with Crippen molar-refractivity contribution in [2.24, 2.45) is 0 Å². The zero-order valence-electron chi connectivity index (χ0n) is 10.6. The molecule has 5 nitrogen and oxygen atoms in total. The minimum absolute atomic E-state index is 0.0796. The van der Waals surface area contributed by atoms with E-state index in [-0.39, 0.29) is 12.1 Å². The minimum Gasteiger partial charge on any atom is -0.433 e. The SMILES string of the molecule is C=C(C)C(=O)OC(C)OC(C)N1CCCC1=O. The highest BCUT2D eigenvalue weighted by Crippen LogP contribution is 2.15. The van der Waals surface area contributed by atoms with Crippen molar-refractivity contribution < 1.29 is 19.1 Å². The lowest BCUT2D eigenvalue weighted by molar-refractivity contribution is -0.196. The molecule has 0 bridgehead atoms. The van der Waals surface area contributed by atoms with Crippen LogP contribution in [0.4, 0.5) is 0 Å². The summed E-state index contributed by atoms with van der Waals surface area (Å²) in [6.45, 7) is 9.14. The molecule has 0 radical (unpaired) electrons. The van der Waals surface area contributed by atoms with Gasteiger partial charge in [0.25, 0.3) is 0 Å². The van der Waals surface area contributed by atoms with E-state index in [1.807, 2.05) is 0 Å². The van der Waals surface area contributed by atoms with Crippen LogP contribution >= 0.6 is 0 Å². The van der Waals surface area contributed by atoms with Gasteiger partial charge < -0.3 is 14.4 Å².